The molecule has 27 heavy (non-hydrogen) atoms. The third-order valence-corrected chi connectivity index (χ3v) is 5.02. The Balaban J connectivity index is 1.69. The lowest BCUT2D eigenvalue weighted by molar-refractivity contribution is -0.605. The van der Waals surface area contributed by atoms with Gasteiger partial charge in [0, 0.05) is 17.4 Å². The average Bonchev–Trinajstić information content (AvgIpc) is 3.32. The molecule has 140 valence electrons. The van der Waals surface area contributed by atoms with Gasteiger partial charge in [-0.1, -0.05) is 20.8 Å². The van der Waals surface area contributed by atoms with E-state index in [1.165, 1.54) is 18.6 Å². The number of nitrogens with zero attached hydrogens (tertiary/aromatic N) is 6. The normalized spacial score (nSPS) is 21.4. The van der Waals surface area contributed by atoms with Crippen LogP contribution in [-0.4, -0.2) is 31.1 Å². The summed E-state index contributed by atoms with van der Waals surface area (Å²) in [5, 5.41) is 24.9. The predicted octanol–water partition coefficient (Wildman–Crippen LogP) is 2.02. The summed E-state index contributed by atoms with van der Waals surface area (Å²) >= 11 is 0. The minimum atomic E-state index is -0.245. The monoisotopic (exact) mass is 368 g/mol. The van der Waals surface area contributed by atoms with Crippen molar-refractivity contribution >= 4 is 0 Å². The summed E-state index contributed by atoms with van der Waals surface area (Å²) in [6.45, 7) is 6.06. The van der Waals surface area contributed by atoms with Crippen LogP contribution < -0.4 is 4.73 Å². The van der Waals surface area contributed by atoms with Crippen molar-refractivity contribution in [3.05, 3.63) is 40.9 Å². The summed E-state index contributed by atoms with van der Waals surface area (Å²) in [7, 11) is 0. The third kappa shape index (κ3) is 2.61. The standard InChI is InChI=1S/C18H20N6O3/c1-18(2,3)17-21-20-16(27-17)14-11-8-10-4-5-12(26-10)15(11)24(22-14)13-9-23(25)7-6-19-13/h6-7,9-10,12H,4-5,8H2,1-3H3. The fourth-order valence-corrected chi connectivity index (χ4v) is 3.72. The van der Waals surface area contributed by atoms with Crippen LogP contribution >= 0.6 is 0 Å². The zero-order valence-corrected chi connectivity index (χ0v) is 15.4. The second-order valence-electron chi connectivity index (χ2n) is 8.09. The Kier molecular flexibility index (Phi) is 3.39. The highest BCUT2D eigenvalue weighted by Crippen LogP contribution is 2.44. The molecule has 0 spiro atoms. The number of hydrogen-bond acceptors (Lipinski definition) is 7. The highest BCUT2D eigenvalue weighted by molar-refractivity contribution is 5.57. The van der Waals surface area contributed by atoms with Crippen LogP contribution in [0.1, 0.15) is 56.9 Å². The molecule has 2 unspecified atom stereocenters. The van der Waals surface area contributed by atoms with E-state index in [2.05, 4.69) is 15.2 Å². The average molecular weight is 368 g/mol. The Hall–Kier alpha value is -2.81. The SMILES string of the molecule is CC(C)(C)c1nnc(-c2nn(-c3c[n+]([O-])ccn3)c3c2CC2CCC3O2)o1. The van der Waals surface area contributed by atoms with Crippen LogP contribution in [0.4, 0.5) is 0 Å². The van der Waals surface area contributed by atoms with Crippen LogP contribution in [0.3, 0.4) is 0 Å². The lowest BCUT2D eigenvalue weighted by Crippen LogP contribution is -2.27. The highest BCUT2D eigenvalue weighted by Gasteiger charge is 2.41. The molecule has 5 rings (SSSR count). The van der Waals surface area contributed by atoms with Crippen molar-refractivity contribution in [2.24, 2.45) is 0 Å². The Bertz CT molecular complexity index is 1020. The molecule has 5 heterocycles. The van der Waals surface area contributed by atoms with Gasteiger partial charge in [-0.25, -0.2) is 9.67 Å². The molecule has 0 amide bonds. The highest BCUT2D eigenvalue weighted by atomic mass is 16.5. The molecule has 1 fully saturated rings. The zero-order valence-electron chi connectivity index (χ0n) is 15.4. The minimum absolute atomic E-state index is 0.0629. The molecule has 2 aliphatic heterocycles. The summed E-state index contributed by atoms with van der Waals surface area (Å²) < 4.78 is 14.4. The number of ether oxygens (including phenoxy) is 1. The molecule has 3 aromatic heterocycles. The fraction of sp³-hybridized carbons (Fsp3) is 0.500. The molecule has 0 radical (unpaired) electrons. The summed E-state index contributed by atoms with van der Waals surface area (Å²) in [5.41, 5.74) is 2.37. The Morgan fingerprint density at radius 3 is 2.85 bits per heavy atom. The molecule has 0 saturated carbocycles. The van der Waals surface area contributed by atoms with Gasteiger partial charge in [0.15, 0.2) is 11.9 Å². The molecule has 9 heteroatoms. The van der Waals surface area contributed by atoms with Crippen LogP contribution in [0.5, 0.6) is 0 Å². The molecule has 2 atom stereocenters. The molecule has 0 N–H and O–H groups in total. The molecule has 0 aliphatic carbocycles. The van der Waals surface area contributed by atoms with Gasteiger partial charge in [-0.15, -0.1) is 10.2 Å². The van der Waals surface area contributed by atoms with E-state index in [9.17, 15) is 5.21 Å². The molecule has 1 saturated heterocycles. The number of rotatable bonds is 2. The van der Waals surface area contributed by atoms with Crippen LogP contribution in [0.25, 0.3) is 17.4 Å². The molecule has 2 aliphatic rings. The molecule has 0 aromatic carbocycles. The van der Waals surface area contributed by atoms with Crippen molar-refractivity contribution in [2.75, 3.05) is 0 Å². The first kappa shape index (κ1) is 16.4. The van der Waals surface area contributed by atoms with E-state index in [0.29, 0.717) is 28.0 Å². The third-order valence-electron chi connectivity index (χ3n) is 5.02. The van der Waals surface area contributed by atoms with E-state index in [-0.39, 0.29) is 17.6 Å². The van der Waals surface area contributed by atoms with E-state index >= 15 is 0 Å². The van der Waals surface area contributed by atoms with Crippen molar-refractivity contribution in [1.82, 2.24) is 25.0 Å². The van der Waals surface area contributed by atoms with Crippen LogP contribution in [-0.2, 0) is 16.6 Å². The van der Waals surface area contributed by atoms with Gasteiger partial charge in [-0.3, -0.25) is 0 Å². The van der Waals surface area contributed by atoms with Gasteiger partial charge < -0.3 is 14.4 Å². The van der Waals surface area contributed by atoms with Gasteiger partial charge in [0.1, 0.15) is 6.10 Å². The smallest absolute Gasteiger partial charge is 0.268 e. The van der Waals surface area contributed by atoms with Crippen molar-refractivity contribution in [1.29, 1.82) is 0 Å². The maximum absolute atomic E-state index is 11.7. The van der Waals surface area contributed by atoms with E-state index in [4.69, 9.17) is 14.3 Å². The largest absolute Gasteiger partial charge is 0.619 e. The fourth-order valence-electron chi connectivity index (χ4n) is 3.72. The Morgan fingerprint density at radius 2 is 2.11 bits per heavy atom. The Labute approximate surface area is 155 Å². The summed E-state index contributed by atoms with van der Waals surface area (Å²) in [6, 6.07) is 0. The van der Waals surface area contributed by atoms with Gasteiger partial charge in [0.25, 0.3) is 5.89 Å². The molecular formula is C18H20N6O3. The minimum Gasteiger partial charge on any atom is -0.619 e. The molecule has 9 nitrogen and oxygen atoms in total. The maximum atomic E-state index is 11.7. The summed E-state index contributed by atoms with van der Waals surface area (Å²) in [4.78, 5) is 4.31. The number of aromatic nitrogens is 6. The van der Waals surface area contributed by atoms with Crippen LogP contribution in [0, 0.1) is 5.21 Å². The van der Waals surface area contributed by atoms with Crippen molar-refractivity contribution < 1.29 is 13.9 Å². The summed E-state index contributed by atoms with van der Waals surface area (Å²) in [6.07, 6.45) is 6.97. The lowest BCUT2D eigenvalue weighted by Gasteiger charge is -2.21. The summed E-state index contributed by atoms with van der Waals surface area (Å²) in [5.74, 6) is 1.40. The van der Waals surface area contributed by atoms with E-state index < -0.39 is 0 Å². The topological polar surface area (TPSA) is 106 Å². The molecule has 3 aromatic rings. The quantitative estimate of drug-likeness (QED) is 0.503. The van der Waals surface area contributed by atoms with E-state index in [1.54, 1.807) is 4.68 Å². The first-order chi connectivity index (χ1) is 12.9. The van der Waals surface area contributed by atoms with Gasteiger partial charge >= 0.3 is 0 Å². The first-order valence-electron chi connectivity index (χ1n) is 9.07. The van der Waals surface area contributed by atoms with Gasteiger partial charge in [0.05, 0.1) is 18.0 Å². The van der Waals surface area contributed by atoms with E-state index in [1.807, 2.05) is 20.8 Å². The lowest BCUT2D eigenvalue weighted by atomic mass is 9.97. The van der Waals surface area contributed by atoms with Crippen molar-refractivity contribution in [3.63, 3.8) is 0 Å². The van der Waals surface area contributed by atoms with Gasteiger partial charge in [0.2, 0.25) is 17.9 Å². The first-order valence-corrected chi connectivity index (χ1v) is 9.07. The Morgan fingerprint density at radius 1 is 1.26 bits per heavy atom. The number of fused-ring (bicyclic) bond motifs is 4. The predicted molar refractivity (Wildman–Crippen MR) is 92.9 cm³/mol. The van der Waals surface area contributed by atoms with Crippen molar-refractivity contribution in [3.8, 4) is 17.4 Å². The molecule has 2 bridgehead atoms. The number of hydrogen-bond donors (Lipinski definition) is 0. The van der Waals surface area contributed by atoms with Gasteiger partial charge in [-0.2, -0.15) is 9.83 Å². The van der Waals surface area contributed by atoms with Crippen LogP contribution in [0.15, 0.2) is 23.0 Å². The molecular weight excluding hydrogens is 348 g/mol. The van der Waals surface area contributed by atoms with E-state index in [0.717, 1.165) is 30.5 Å². The second-order valence-corrected chi connectivity index (χ2v) is 8.09. The van der Waals surface area contributed by atoms with Crippen molar-refractivity contribution in [2.45, 2.75) is 57.7 Å². The maximum Gasteiger partial charge on any atom is 0.268 e. The zero-order chi connectivity index (χ0) is 18.8. The van der Waals surface area contributed by atoms with Crippen LogP contribution in [0.2, 0.25) is 0 Å². The van der Waals surface area contributed by atoms with Gasteiger partial charge in [-0.05, 0) is 12.8 Å². The second kappa shape index (κ2) is 5.59.